The summed E-state index contributed by atoms with van der Waals surface area (Å²) in [6.45, 7) is 3.01. The van der Waals surface area contributed by atoms with E-state index in [4.69, 9.17) is 32.9 Å². The Balaban J connectivity index is 1.78. The van der Waals surface area contributed by atoms with Crippen molar-refractivity contribution in [3.05, 3.63) is 48.5 Å². The summed E-state index contributed by atoms with van der Waals surface area (Å²) in [6, 6.07) is 16.3. The number of alkyl halides is 2. The number of aromatic nitrogens is 1. The number of rotatable bonds is 8. The molecule has 0 saturated heterocycles. The Hall–Kier alpha value is -1.55. The molecule has 3 rings (SSSR count). The van der Waals surface area contributed by atoms with Crippen LogP contribution in [0.1, 0.15) is 0 Å². The SMILES string of the molecule is ClCCN(CCCl)CCOc1cccc2cc3ccccc3nc12. The highest BCUT2D eigenvalue weighted by Crippen LogP contribution is 2.27. The van der Waals surface area contributed by atoms with E-state index in [0.29, 0.717) is 18.4 Å². The average molecular weight is 363 g/mol. The maximum atomic E-state index is 6.00. The van der Waals surface area contributed by atoms with Gasteiger partial charge in [0.2, 0.25) is 0 Å². The summed E-state index contributed by atoms with van der Waals surface area (Å²) in [5.74, 6) is 2.01. The third-order valence-corrected chi connectivity index (χ3v) is 4.31. The van der Waals surface area contributed by atoms with E-state index in [0.717, 1.165) is 47.2 Å². The van der Waals surface area contributed by atoms with E-state index < -0.39 is 0 Å². The van der Waals surface area contributed by atoms with E-state index in [1.54, 1.807) is 0 Å². The van der Waals surface area contributed by atoms with E-state index >= 15 is 0 Å². The van der Waals surface area contributed by atoms with Crippen LogP contribution in [0.25, 0.3) is 21.8 Å². The van der Waals surface area contributed by atoms with Crippen molar-refractivity contribution in [1.29, 1.82) is 0 Å². The van der Waals surface area contributed by atoms with Gasteiger partial charge in [0.05, 0.1) is 5.52 Å². The predicted molar refractivity (Wildman–Crippen MR) is 103 cm³/mol. The Morgan fingerprint density at radius 3 is 2.42 bits per heavy atom. The molecule has 1 aromatic heterocycles. The second kappa shape index (κ2) is 8.52. The molecule has 3 aromatic rings. The summed E-state index contributed by atoms with van der Waals surface area (Å²) in [7, 11) is 0. The quantitative estimate of drug-likeness (QED) is 0.434. The number of halogens is 2. The van der Waals surface area contributed by atoms with Gasteiger partial charge in [0.15, 0.2) is 0 Å². The van der Waals surface area contributed by atoms with Crippen molar-refractivity contribution in [3.63, 3.8) is 0 Å². The Bertz CT molecular complexity index is 804. The van der Waals surface area contributed by atoms with Crippen molar-refractivity contribution in [2.45, 2.75) is 0 Å². The molecule has 0 atom stereocenters. The number of fused-ring (bicyclic) bond motifs is 2. The molecular weight excluding hydrogens is 343 g/mol. The molecule has 3 nitrogen and oxygen atoms in total. The number of pyridine rings is 1. The molecule has 0 N–H and O–H groups in total. The van der Waals surface area contributed by atoms with Gasteiger partial charge in [-0.1, -0.05) is 30.3 Å². The molecule has 24 heavy (non-hydrogen) atoms. The van der Waals surface area contributed by atoms with Crippen LogP contribution in [0.4, 0.5) is 0 Å². The summed E-state index contributed by atoms with van der Waals surface area (Å²) in [6.07, 6.45) is 0. The van der Waals surface area contributed by atoms with E-state index in [1.165, 1.54) is 0 Å². The lowest BCUT2D eigenvalue weighted by Gasteiger charge is -2.20. The van der Waals surface area contributed by atoms with Gasteiger partial charge in [-0.2, -0.15) is 0 Å². The van der Waals surface area contributed by atoms with E-state index in [-0.39, 0.29) is 0 Å². The number of hydrogen-bond acceptors (Lipinski definition) is 3. The minimum Gasteiger partial charge on any atom is -0.490 e. The van der Waals surface area contributed by atoms with Crippen molar-refractivity contribution in [2.75, 3.05) is 38.0 Å². The Labute approximate surface area is 152 Å². The van der Waals surface area contributed by atoms with Crippen LogP contribution in [0.3, 0.4) is 0 Å². The topological polar surface area (TPSA) is 25.4 Å². The molecule has 0 aliphatic carbocycles. The molecule has 0 bridgehead atoms. The molecule has 0 aliphatic rings. The molecule has 0 aliphatic heterocycles. The largest absolute Gasteiger partial charge is 0.490 e. The monoisotopic (exact) mass is 362 g/mol. The minimum atomic E-state index is 0.585. The van der Waals surface area contributed by atoms with Crippen molar-refractivity contribution < 1.29 is 4.74 Å². The fraction of sp³-hybridized carbons (Fsp3) is 0.316. The van der Waals surface area contributed by atoms with Gasteiger partial charge < -0.3 is 4.74 Å². The lowest BCUT2D eigenvalue weighted by Crippen LogP contribution is -2.32. The van der Waals surface area contributed by atoms with Gasteiger partial charge >= 0.3 is 0 Å². The first kappa shape index (κ1) is 17.3. The number of benzene rings is 2. The standard InChI is InChI=1S/C19H20Cl2N2O/c20-8-10-23(11-9-21)12-13-24-18-7-3-5-16-14-15-4-1-2-6-17(15)22-19(16)18/h1-7,14H,8-13H2. The molecule has 5 heteroatoms. The first-order chi connectivity index (χ1) is 11.8. The first-order valence-electron chi connectivity index (χ1n) is 8.07. The number of hydrogen-bond donors (Lipinski definition) is 0. The van der Waals surface area contributed by atoms with Crippen molar-refractivity contribution >= 4 is 45.0 Å². The number of ether oxygens (including phenoxy) is 1. The summed E-state index contributed by atoms with van der Waals surface area (Å²) in [5, 5.41) is 2.22. The van der Waals surface area contributed by atoms with Gasteiger partial charge in [0, 0.05) is 42.2 Å². The lowest BCUT2D eigenvalue weighted by molar-refractivity contribution is 0.226. The van der Waals surface area contributed by atoms with Crippen molar-refractivity contribution in [2.24, 2.45) is 0 Å². The Kier molecular flexibility index (Phi) is 6.13. The van der Waals surface area contributed by atoms with Gasteiger partial charge in [-0.15, -0.1) is 23.2 Å². The van der Waals surface area contributed by atoms with Gasteiger partial charge in [0.25, 0.3) is 0 Å². The molecule has 0 amide bonds. The molecule has 0 saturated carbocycles. The second-order valence-corrected chi connectivity index (χ2v) is 6.33. The maximum absolute atomic E-state index is 6.00. The fourth-order valence-electron chi connectivity index (χ4n) is 2.75. The summed E-state index contributed by atoms with van der Waals surface area (Å²) in [5.41, 5.74) is 1.88. The van der Waals surface area contributed by atoms with E-state index in [2.05, 4.69) is 23.1 Å². The Morgan fingerprint density at radius 1 is 0.875 bits per heavy atom. The molecule has 2 aromatic carbocycles. The molecular formula is C19H20Cl2N2O. The highest BCUT2D eigenvalue weighted by molar-refractivity contribution is 6.18. The number of para-hydroxylation sites is 2. The van der Waals surface area contributed by atoms with Gasteiger partial charge in [-0.05, 0) is 18.2 Å². The van der Waals surface area contributed by atoms with Crippen LogP contribution in [0.15, 0.2) is 48.5 Å². The van der Waals surface area contributed by atoms with Crippen LogP contribution in [0.2, 0.25) is 0 Å². The van der Waals surface area contributed by atoms with Gasteiger partial charge in [-0.3, -0.25) is 4.90 Å². The maximum Gasteiger partial charge on any atom is 0.145 e. The van der Waals surface area contributed by atoms with Crippen LogP contribution in [-0.4, -0.2) is 47.9 Å². The number of nitrogens with zero attached hydrogens (tertiary/aromatic N) is 2. The highest BCUT2D eigenvalue weighted by Gasteiger charge is 2.08. The average Bonchev–Trinajstić information content (AvgIpc) is 2.60. The van der Waals surface area contributed by atoms with Crippen LogP contribution in [0, 0.1) is 0 Å². The third-order valence-electron chi connectivity index (χ3n) is 3.98. The van der Waals surface area contributed by atoms with Crippen LogP contribution in [0.5, 0.6) is 5.75 Å². The molecule has 0 spiro atoms. The first-order valence-corrected chi connectivity index (χ1v) is 9.14. The molecule has 0 radical (unpaired) electrons. The summed E-state index contributed by atoms with van der Waals surface area (Å²) in [4.78, 5) is 6.97. The van der Waals surface area contributed by atoms with Crippen LogP contribution in [-0.2, 0) is 0 Å². The smallest absolute Gasteiger partial charge is 0.145 e. The minimum absolute atomic E-state index is 0.585. The molecule has 1 heterocycles. The van der Waals surface area contributed by atoms with E-state index in [1.807, 2.05) is 30.3 Å². The van der Waals surface area contributed by atoms with Crippen molar-refractivity contribution in [3.8, 4) is 5.75 Å². The second-order valence-electron chi connectivity index (χ2n) is 5.58. The summed E-state index contributed by atoms with van der Waals surface area (Å²) >= 11 is 11.7. The van der Waals surface area contributed by atoms with E-state index in [9.17, 15) is 0 Å². The molecule has 126 valence electrons. The zero-order valence-electron chi connectivity index (χ0n) is 13.4. The lowest BCUT2D eigenvalue weighted by atomic mass is 10.1. The van der Waals surface area contributed by atoms with Crippen molar-refractivity contribution in [1.82, 2.24) is 9.88 Å². The highest BCUT2D eigenvalue weighted by atomic mass is 35.5. The van der Waals surface area contributed by atoms with Gasteiger partial charge in [0.1, 0.15) is 17.9 Å². The molecule has 0 fully saturated rings. The third kappa shape index (κ3) is 4.10. The van der Waals surface area contributed by atoms with Gasteiger partial charge in [-0.25, -0.2) is 4.98 Å². The Morgan fingerprint density at radius 2 is 1.62 bits per heavy atom. The fourth-order valence-corrected chi connectivity index (χ4v) is 3.23. The predicted octanol–water partition coefficient (Wildman–Crippen LogP) is 4.55. The zero-order chi connectivity index (χ0) is 16.8. The molecule has 0 unspecified atom stereocenters. The zero-order valence-corrected chi connectivity index (χ0v) is 14.9. The van der Waals surface area contributed by atoms with Crippen LogP contribution < -0.4 is 4.74 Å². The normalized spacial score (nSPS) is 11.5. The van der Waals surface area contributed by atoms with Crippen LogP contribution >= 0.6 is 23.2 Å². The summed E-state index contributed by atoms with van der Waals surface area (Å²) < 4.78 is 6.00.